The second-order valence-electron chi connectivity index (χ2n) is 3.85. The van der Waals surface area contributed by atoms with Gasteiger partial charge in [0.1, 0.15) is 5.82 Å². The molecule has 1 aliphatic rings. The fourth-order valence-corrected chi connectivity index (χ4v) is 2.06. The Morgan fingerprint density at radius 3 is 3.21 bits per heavy atom. The molecule has 4 nitrogen and oxygen atoms in total. The maximum absolute atomic E-state index is 5.95. The topological polar surface area (TPSA) is 47.1 Å². The molecule has 78 valence electrons. The van der Waals surface area contributed by atoms with Gasteiger partial charge in [0.15, 0.2) is 0 Å². The number of rotatable bonds is 2. The average Bonchev–Trinajstić information content (AvgIpc) is 2.65. The summed E-state index contributed by atoms with van der Waals surface area (Å²) in [7, 11) is 0. The Hall–Kier alpha value is -1.03. The van der Waals surface area contributed by atoms with E-state index >= 15 is 0 Å². The Morgan fingerprint density at radius 1 is 1.64 bits per heavy atom. The summed E-state index contributed by atoms with van der Waals surface area (Å²) in [5.74, 6) is 1.21. The van der Waals surface area contributed by atoms with Gasteiger partial charge in [0.25, 0.3) is 0 Å². The van der Waals surface area contributed by atoms with E-state index in [-0.39, 0.29) is 0 Å². The molecule has 0 radical (unpaired) electrons. The van der Waals surface area contributed by atoms with Gasteiger partial charge >= 0.3 is 0 Å². The third kappa shape index (κ3) is 1.75. The van der Waals surface area contributed by atoms with Crippen molar-refractivity contribution in [1.29, 1.82) is 0 Å². The SMILES string of the molecule is CCn1nccc1N1CCCC(N)C1. The molecule has 1 fully saturated rings. The van der Waals surface area contributed by atoms with Crippen molar-refractivity contribution in [2.75, 3.05) is 18.0 Å². The first-order chi connectivity index (χ1) is 6.81. The highest BCUT2D eigenvalue weighted by molar-refractivity contribution is 5.39. The molecule has 4 heteroatoms. The maximum Gasteiger partial charge on any atom is 0.126 e. The van der Waals surface area contributed by atoms with Gasteiger partial charge in [-0.15, -0.1) is 0 Å². The van der Waals surface area contributed by atoms with Crippen LogP contribution in [-0.2, 0) is 6.54 Å². The molecular weight excluding hydrogens is 176 g/mol. The number of aromatic nitrogens is 2. The van der Waals surface area contributed by atoms with Crippen molar-refractivity contribution >= 4 is 5.82 Å². The Morgan fingerprint density at radius 2 is 2.50 bits per heavy atom. The number of hydrogen-bond donors (Lipinski definition) is 1. The number of piperidine rings is 1. The molecule has 0 aromatic carbocycles. The number of anilines is 1. The van der Waals surface area contributed by atoms with Gasteiger partial charge in [-0.25, -0.2) is 0 Å². The van der Waals surface area contributed by atoms with Crippen LogP contribution in [0.2, 0.25) is 0 Å². The Bertz CT molecular complexity index is 294. The minimum atomic E-state index is 0.323. The molecule has 1 aliphatic heterocycles. The van der Waals surface area contributed by atoms with E-state index in [0.29, 0.717) is 6.04 Å². The zero-order valence-corrected chi connectivity index (χ0v) is 8.69. The standard InChI is InChI=1S/C10H18N4/c1-2-14-10(5-6-12-14)13-7-3-4-9(11)8-13/h5-6,9H,2-4,7-8,11H2,1H3. The fraction of sp³-hybridized carbons (Fsp3) is 0.700. The van der Waals surface area contributed by atoms with E-state index in [1.165, 1.54) is 12.2 Å². The van der Waals surface area contributed by atoms with Crippen molar-refractivity contribution < 1.29 is 0 Å². The van der Waals surface area contributed by atoms with Gasteiger partial charge in [-0.2, -0.15) is 5.10 Å². The lowest BCUT2D eigenvalue weighted by Gasteiger charge is -2.32. The smallest absolute Gasteiger partial charge is 0.126 e. The van der Waals surface area contributed by atoms with Crippen LogP contribution in [0, 0.1) is 0 Å². The van der Waals surface area contributed by atoms with Gasteiger partial charge < -0.3 is 10.6 Å². The summed E-state index contributed by atoms with van der Waals surface area (Å²) in [5.41, 5.74) is 5.95. The monoisotopic (exact) mass is 194 g/mol. The molecule has 0 spiro atoms. The first-order valence-electron chi connectivity index (χ1n) is 5.33. The highest BCUT2D eigenvalue weighted by Gasteiger charge is 2.18. The van der Waals surface area contributed by atoms with Crippen LogP contribution < -0.4 is 10.6 Å². The van der Waals surface area contributed by atoms with Crippen LogP contribution in [0.4, 0.5) is 5.82 Å². The predicted octanol–water partition coefficient (Wildman–Crippen LogP) is 0.831. The lowest BCUT2D eigenvalue weighted by atomic mass is 10.1. The van der Waals surface area contributed by atoms with Crippen LogP contribution in [0.15, 0.2) is 12.3 Å². The van der Waals surface area contributed by atoms with Crippen molar-refractivity contribution in [2.24, 2.45) is 5.73 Å². The molecule has 1 aromatic heterocycles. The van der Waals surface area contributed by atoms with Crippen molar-refractivity contribution in [3.63, 3.8) is 0 Å². The summed E-state index contributed by atoms with van der Waals surface area (Å²) >= 11 is 0. The van der Waals surface area contributed by atoms with Crippen LogP contribution in [0.1, 0.15) is 19.8 Å². The van der Waals surface area contributed by atoms with E-state index in [4.69, 9.17) is 5.73 Å². The molecule has 2 rings (SSSR count). The summed E-state index contributed by atoms with van der Waals surface area (Å²) in [6.45, 7) is 5.11. The molecule has 1 aromatic rings. The van der Waals surface area contributed by atoms with E-state index in [0.717, 1.165) is 26.1 Å². The molecule has 2 N–H and O–H groups in total. The van der Waals surface area contributed by atoms with Gasteiger partial charge in [-0.05, 0) is 19.8 Å². The molecule has 14 heavy (non-hydrogen) atoms. The van der Waals surface area contributed by atoms with Gasteiger partial charge in [0, 0.05) is 31.7 Å². The third-order valence-corrected chi connectivity index (χ3v) is 2.78. The Kier molecular flexibility index (Phi) is 2.72. The van der Waals surface area contributed by atoms with Crippen LogP contribution in [0.25, 0.3) is 0 Å². The van der Waals surface area contributed by atoms with E-state index < -0.39 is 0 Å². The molecule has 0 bridgehead atoms. The van der Waals surface area contributed by atoms with Crippen LogP contribution in [-0.4, -0.2) is 28.9 Å². The molecule has 0 amide bonds. The van der Waals surface area contributed by atoms with Crippen molar-refractivity contribution in [2.45, 2.75) is 32.4 Å². The normalized spacial score (nSPS) is 22.7. The molecule has 1 atom stereocenters. The highest BCUT2D eigenvalue weighted by Crippen LogP contribution is 2.18. The first-order valence-corrected chi connectivity index (χ1v) is 5.33. The van der Waals surface area contributed by atoms with Gasteiger partial charge in [0.05, 0.1) is 6.20 Å². The van der Waals surface area contributed by atoms with Crippen LogP contribution in [0.3, 0.4) is 0 Å². The van der Waals surface area contributed by atoms with E-state index in [1.807, 2.05) is 10.9 Å². The second kappa shape index (κ2) is 4.00. The van der Waals surface area contributed by atoms with Gasteiger partial charge in [0.2, 0.25) is 0 Å². The van der Waals surface area contributed by atoms with Crippen molar-refractivity contribution in [3.05, 3.63) is 12.3 Å². The highest BCUT2D eigenvalue weighted by atomic mass is 15.4. The molecular formula is C10H18N4. The fourth-order valence-electron chi connectivity index (χ4n) is 2.06. The van der Waals surface area contributed by atoms with E-state index in [9.17, 15) is 0 Å². The Labute approximate surface area is 84.7 Å². The molecule has 0 saturated carbocycles. The third-order valence-electron chi connectivity index (χ3n) is 2.78. The zero-order valence-electron chi connectivity index (χ0n) is 8.69. The van der Waals surface area contributed by atoms with Crippen LogP contribution in [0.5, 0.6) is 0 Å². The van der Waals surface area contributed by atoms with Crippen molar-refractivity contribution in [1.82, 2.24) is 9.78 Å². The second-order valence-corrected chi connectivity index (χ2v) is 3.85. The maximum atomic E-state index is 5.95. The summed E-state index contributed by atoms with van der Waals surface area (Å²) in [5, 5.41) is 4.27. The largest absolute Gasteiger partial charge is 0.355 e. The number of hydrogen-bond acceptors (Lipinski definition) is 3. The summed E-state index contributed by atoms with van der Waals surface area (Å²) in [6.07, 6.45) is 4.20. The number of aryl methyl sites for hydroxylation is 1. The number of nitrogens with two attached hydrogens (primary N) is 1. The summed E-state index contributed by atoms with van der Waals surface area (Å²) < 4.78 is 2.03. The van der Waals surface area contributed by atoms with E-state index in [2.05, 4.69) is 23.0 Å². The number of nitrogens with zero attached hydrogens (tertiary/aromatic N) is 3. The molecule has 0 aliphatic carbocycles. The van der Waals surface area contributed by atoms with Gasteiger partial charge in [-0.1, -0.05) is 0 Å². The van der Waals surface area contributed by atoms with Crippen molar-refractivity contribution in [3.8, 4) is 0 Å². The molecule has 1 unspecified atom stereocenters. The van der Waals surface area contributed by atoms with Crippen LogP contribution >= 0.6 is 0 Å². The first kappa shape index (κ1) is 9.52. The molecule has 2 heterocycles. The lowest BCUT2D eigenvalue weighted by molar-refractivity contribution is 0.492. The quantitative estimate of drug-likeness (QED) is 0.758. The average molecular weight is 194 g/mol. The minimum Gasteiger partial charge on any atom is -0.355 e. The predicted molar refractivity (Wildman–Crippen MR) is 57.3 cm³/mol. The lowest BCUT2D eigenvalue weighted by Crippen LogP contribution is -2.43. The summed E-state index contributed by atoms with van der Waals surface area (Å²) in [4.78, 5) is 2.34. The van der Waals surface area contributed by atoms with Gasteiger partial charge in [-0.3, -0.25) is 4.68 Å². The Balaban J connectivity index is 2.13. The van der Waals surface area contributed by atoms with E-state index in [1.54, 1.807) is 0 Å². The zero-order chi connectivity index (χ0) is 9.97. The minimum absolute atomic E-state index is 0.323. The summed E-state index contributed by atoms with van der Waals surface area (Å²) in [6, 6.07) is 2.39. The molecule has 1 saturated heterocycles.